The van der Waals surface area contributed by atoms with Gasteiger partial charge in [-0.3, -0.25) is 4.79 Å². The molecule has 1 aliphatic heterocycles. The minimum atomic E-state index is -3.10. The number of sulfone groups is 1. The fourth-order valence-corrected chi connectivity index (χ4v) is 2.58. The molecule has 1 fully saturated rings. The second kappa shape index (κ2) is 4.33. The van der Waals surface area contributed by atoms with Crippen LogP contribution in [0.2, 0.25) is 0 Å². The smallest absolute Gasteiger partial charge is 0.309 e. The van der Waals surface area contributed by atoms with Gasteiger partial charge in [-0.15, -0.1) is 0 Å². The maximum absolute atomic E-state index is 11.8. The molecule has 1 heterocycles. The summed E-state index contributed by atoms with van der Waals surface area (Å²) in [6.07, 6.45) is 0. The monoisotopic (exact) mass is 249 g/mol. The number of carbonyl (C=O) groups is 1. The van der Waals surface area contributed by atoms with Crippen molar-refractivity contribution in [1.29, 1.82) is 0 Å². The van der Waals surface area contributed by atoms with E-state index < -0.39 is 20.6 Å². The minimum absolute atomic E-state index is 0.100. The lowest BCUT2D eigenvalue weighted by Crippen LogP contribution is -2.52. The molecule has 0 radical (unpaired) electrons. The molecule has 5 nitrogen and oxygen atoms in total. The van der Waals surface area contributed by atoms with Gasteiger partial charge in [-0.2, -0.15) is 0 Å². The fraction of sp³-hybridized carbons (Fsp3) is 0.900. The molecule has 1 N–H and O–H groups in total. The molecular weight excluding hydrogens is 230 g/mol. The highest BCUT2D eigenvalue weighted by Crippen LogP contribution is 2.19. The van der Waals surface area contributed by atoms with Crippen LogP contribution in [-0.2, 0) is 14.6 Å². The van der Waals surface area contributed by atoms with E-state index in [0.717, 1.165) is 0 Å². The fourth-order valence-electron chi connectivity index (χ4n) is 1.46. The molecule has 0 bridgehead atoms. The highest BCUT2D eigenvalue weighted by molar-refractivity contribution is 7.92. The van der Waals surface area contributed by atoms with Crippen LogP contribution in [0.5, 0.6) is 0 Å². The third-order valence-corrected chi connectivity index (χ3v) is 5.50. The van der Waals surface area contributed by atoms with Gasteiger partial charge in [0.1, 0.15) is 0 Å². The molecule has 0 aromatic heterocycles. The van der Waals surface area contributed by atoms with Gasteiger partial charge >= 0.3 is 5.97 Å². The summed E-state index contributed by atoms with van der Waals surface area (Å²) in [5, 5.41) is 8.66. The number of aliphatic carboxylic acids is 1. The third-order valence-electron chi connectivity index (χ3n) is 2.92. The number of rotatable bonds is 4. The molecule has 1 rings (SSSR count). The number of carboxylic acids is 1. The zero-order valence-corrected chi connectivity index (χ0v) is 10.7. The molecule has 0 saturated carbocycles. The maximum Gasteiger partial charge on any atom is 0.309 e. The van der Waals surface area contributed by atoms with Crippen LogP contribution in [0.25, 0.3) is 0 Å². The van der Waals surface area contributed by atoms with Crippen molar-refractivity contribution in [3.05, 3.63) is 0 Å². The number of carboxylic acid groups (broad SMARTS) is 1. The number of likely N-dealkylation sites (tertiary alicyclic amines) is 1. The quantitative estimate of drug-likeness (QED) is 0.771. The average molecular weight is 249 g/mol. The van der Waals surface area contributed by atoms with E-state index in [1.807, 2.05) is 4.90 Å². The van der Waals surface area contributed by atoms with Crippen LogP contribution in [0.1, 0.15) is 20.8 Å². The van der Waals surface area contributed by atoms with Crippen LogP contribution >= 0.6 is 0 Å². The standard InChI is InChI=1S/C10H19NO4S/c1-10(2,3)16(14,15)5-4-11-6-8(7-11)9(12)13/h8H,4-7H2,1-3H3,(H,12,13). The Morgan fingerprint density at radius 1 is 1.38 bits per heavy atom. The van der Waals surface area contributed by atoms with Crippen molar-refractivity contribution < 1.29 is 18.3 Å². The lowest BCUT2D eigenvalue weighted by molar-refractivity contribution is -0.147. The van der Waals surface area contributed by atoms with Crippen LogP contribution in [0.3, 0.4) is 0 Å². The summed E-state index contributed by atoms with van der Waals surface area (Å²) in [7, 11) is -3.10. The summed E-state index contributed by atoms with van der Waals surface area (Å²) in [5.41, 5.74) is 0. The maximum atomic E-state index is 11.8. The van der Waals surface area contributed by atoms with Crippen LogP contribution < -0.4 is 0 Å². The van der Waals surface area contributed by atoms with E-state index in [-0.39, 0.29) is 11.7 Å². The topological polar surface area (TPSA) is 74.7 Å². The number of hydrogen-bond donors (Lipinski definition) is 1. The predicted octanol–water partition coefficient (Wildman–Crippen LogP) is 0.216. The second-order valence-corrected chi connectivity index (χ2v) is 8.09. The van der Waals surface area contributed by atoms with E-state index in [0.29, 0.717) is 19.6 Å². The van der Waals surface area contributed by atoms with Crippen molar-refractivity contribution >= 4 is 15.8 Å². The van der Waals surface area contributed by atoms with Crippen LogP contribution in [0.4, 0.5) is 0 Å². The Bertz CT molecular complexity index is 363. The molecule has 6 heteroatoms. The Morgan fingerprint density at radius 3 is 2.25 bits per heavy atom. The largest absolute Gasteiger partial charge is 0.481 e. The van der Waals surface area contributed by atoms with Crippen molar-refractivity contribution in [1.82, 2.24) is 4.90 Å². The molecule has 0 unspecified atom stereocenters. The van der Waals surface area contributed by atoms with Crippen molar-refractivity contribution in [2.75, 3.05) is 25.4 Å². The van der Waals surface area contributed by atoms with E-state index in [2.05, 4.69) is 0 Å². The Kier molecular flexibility index (Phi) is 3.64. The first-order valence-electron chi connectivity index (χ1n) is 5.31. The Labute approximate surface area is 96.4 Å². The first-order valence-corrected chi connectivity index (χ1v) is 6.96. The SMILES string of the molecule is CC(C)(C)S(=O)(=O)CCN1CC(C(=O)O)C1. The van der Waals surface area contributed by atoms with Crippen molar-refractivity contribution in [2.45, 2.75) is 25.5 Å². The lowest BCUT2D eigenvalue weighted by atomic mass is 10.0. The van der Waals surface area contributed by atoms with Gasteiger partial charge < -0.3 is 10.0 Å². The summed E-state index contributed by atoms with van der Waals surface area (Å²) in [6.45, 7) is 6.41. The zero-order chi connectivity index (χ0) is 12.6. The molecule has 0 aromatic rings. The summed E-state index contributed by atoms with van der Waals surface area (Å²) in [4.78, 5) is 12.4. The van der Waals surface area contributed by atoms with Gasteiger partial charge in [0.05, 0.1) is 16.4 Å². The first-order chi connectivity index (χ1) is 7.13. The summed E-state index contributed by atoms with van der Waals surface area (Å²) in [6, 6.07) is 0. The molecular formula is C10H19NO4S. The van der Waals surface area contributed by atoms with E-state index >= 15 is 0 Å². The van der Waals surface area contributed by atoms with E-state index in [9.17, 15) is 13.2 Å². The first kappa shape index (κ1) is 13.4. The van der Waals surface area contributed by atoms with Crippen molar-refractivity contribution in [3.8, 4) is 0 Å². The van der Waals surface area contributed by atoms with Gasteiger partial charge in [-0.25, -0.2) is 8.42 Å². The van der Waals surface area contributed by atoms with Crippen LogP contribution in [0.15, 0.2) is 0 Å². The Balaban J connectivity index is 2.36. The summed E-state index contributed by atoms with van der Waals surface area (Å²) in [5.74, 6) is -1.02. The van der Waals surface area contributed by atoms with Gasteiger partial charge in [0.2, 0.25) is 0 Å². The average Bonchev–Trinajstić information content (AvgIpc) is 1.97. The summed E-state index contributed by atoms with van der Waals surface area (Å²) < 4.78 is 22.8. The molecule has 0 spiro atoms. The van der Waals surface area contributed by atoms with Gasteiger partial charge in [-0.05, 0) is 20.8 Å². The van der Waals surface area contributed by atoms with Crippen LogP contribution in [-0.4, -0.2) is 54.5 Å². The minimum Gasteiger partial charge on any atom is -0.481 e. The predicted molar refractivity (Wildman–Crippen MR) is 61.1 cm³/mol. The second-order valence-electron chi connectivity index (χ2n) is 5.23. The molecule has 16 heavy (non-hydrogen) atoms. The molecule has 1 saturated heterocycles. The highest BCUT2D eigenvalue weighted by atomic mass is 32.2. The van der Waals surface area contributed by atoms with Crippen molar-refractivity contribution in [2.24, 2.45) is 5.92 Å². The Hall–Kier alpha value is -0.620. The zero-order valence-electron chi connectivity index (χ0n) is 9.93. The lowest BCUT2D eigenvalue weighted by Gasteiger charge is -2.36. The van der Waals surface area contributed by atoms with Gasteiger partial charge in [0.15, 0.2) is 9.84 Å². The summed E-state index contributed by atoms with van der Waals surface area (Å²) >= 11 is 0. The number of hydrogen-bond acceptors (Lipinski definition) is 4. The highest BCUT2D eigenvalue weighted by Gasteiger charge is 2.35. The van der Waals surface area contributed by atoms with Crippen molar-refractivity contribution in [3.63, 3.8) is 0 Å². The third kappa shape index (κ3) is 2.95. The van der Waals surface area contributed by atoms with Gasteiger partial charge in [-0.1, -0.05) is 0 Å². The molecule has 1 aliphatic rings. The number of nitrogens with zero attached hydrogens (tertiary/aromatic N) is 1. The van der Waals surface area contributed by atoms with E-state index in [1.165, 1.54) is 0 Å². The van der Waals surface area contributed by atoms with E-state index in [4.69, 9.17) is 5.11 Å². The normalized spacial score (nSPS) is 19.4. The van der Waals surface area contributed by atoms with E-state index in [1.54, 1.807) is 20.8 Å². The molecule has 0 amide bonds. The van der Waals surface area contributed by atoms with Gasteiger partial charge in [0.25, 0.3) is 0 Å². The molecule has 0 aliphatic carbocycles. The molecule has 0 aromatic carbocycles. The molecule has 0 atom stereocenters. The Morgan fingerprint density at radius 2 is 1.88 bits per heavy atom. The molecule has 94 valence electrons. The van der Waals surface area contributed by atoms with Crippen LogP contribution in [0, 0.1) is 5.92 Å². The van der Waals surface area contributed by atoms with Gasteiger partial charge in [0, 0.05) is 19.6 Å².